The lowest BCUT2D eigenvalue weighted by Crippen LogP contribution is -2.44. The Morgan fingerprint density at radius 3 is 2.41 bits per heavy atom. The van der Waals surface area contributed by atoms with Crippen molar-refractivity contribution < 1.29 is 26.7 Å². The Balaban J connectivity index is 2.82. The van der Waals surface area contributed by atoms with Crippen molar-refractivity contribution in [1.82, 2.24) is 4.31 Å². The molecule has 0 radical (unpaired) electrons. The number of hydrogen-bond acceptors (Lipinski definition) is 5. The zero-order valence-corrected chi connectivity index (χ0v) is 11.0. The van der Waals surface area contributed by atoms with Crippen LogP contribution in [0.1, 0.15) is 12.8 Å². The third-order valence-corrected chi connectivity index (χ3v) is 6.51. The quantitative estimate of drug-likeness (QED) is 0.718. The van der Waals surface area contributed by atoms with Gasteiger partial charge in [-0.25, -0.2) is 21.1 Å². The molecule has 7 nitrogen and oxygen atoms in total. The predicted molar refractivity (Wildman–Crippen MR) is 60.6 cm³/mol. The third-order valence-electron chi connectivity index (χ3n) is 2.49. The van der Waals surface area contributed by atoms with Crippen molar-refractivity contribution in [3.8, 4) is 0 Å². The van der Waals surface area contributed by atoms with E-state index in [1.54, 1.807) is 0 Å². The summed E-state index contributed by atoms with van der Waals surface area (Å²) in [7, 11) is -7.57. The van der Waals surface area contributed by atoms with Crippen LogP contribution in [0.4, 0.5) is 0 Å². The molecule has 0 spiro atoms. The minimum atomic E-state index is -3.93. The number of carboxylic acid groups (broad SMARTS) is 1. The number of sulfonamides is 1. The molecule has 1 aliphatic heterocycles. The maximum Gasteiger partial charge on any atom is 0.307 e. The number of sulfone groups is 1. The number of hydrogen-bond donors (Lipinski definition) is 1. The topological polar surface area (TPSA) is 109 Å². The summed E-state index contributed by atoms with van der Waals surface area (Å²) in [5.74, 6) is -1.80. The van der Waals surface area contributed by atoms with Crippen LogP contribution in [0, 0.1) is 5.92 Å². The lowest BCUT2D eigenvalue weighted by atomic mass is 10.0. The fraction of sp³-hybridized carbons (Fsp3) is 0.875. The Hall–Kier alpha value is -0.670. The summed E-state index contributed by atoms with van der Waals surface area (Å²) >= 11 is 0. The molecule has 0 bridgehead atoms. The zero-order chi connectivity index (χ0) is 13.3. The molecule has 1 rings (SSSR count). The molecule has 1 heterocycles. The average molecular weight is 285 g/mol. The van der Waals surface area contributed by atoms with Crippen LogP contribution >= 0.6 is 0 Å². The molecule has 1 aliphatic rings. The Labute approximate surface area is 100 Å². The molecule has 0 aliphatic carbocycles. The van der Waals surface area contributed by atoms with E-state index in [0.717, 1.165) is 10.6 Å². The van der Waals surface area contributed by atoms with Crippen LogP contribution in [0.5, 0.6) is 0 Å². The minimum absolute atomic E-state index is 0.146. The van der Waals surface area contributed by atoms with Gasteiger partial charge < -0.3 is 5.11 Å². The van der Waals surface area contributed by atoms with Crippen molar-refractivity contribution in [3.63, 3.8) is 0 Å². The van der Waals surface area contributed by atoms with Crippen LogP contribution in [-0.2, 0) is 24.7 Å². The van der Waals surface area contributed by atoms with Crippen LogP contribution in [0.25, 0.3) is 0 Å². The van der Waals surface area contributed by atoms with Gasteiger partial charge in [-0.1, -0.05) is 0 Å². The molecule has 17 heavy (non-hydrogen) atoms. The first kappa shape index (κ1) is 14.4. The van der Waals surface area contributed by atoms with Crippen molar-refractivity contribution in [3.05, 3.63) is 0 Å². The number of nitrogens with zero attached hydrogens (tertiary/aromatic N) is 1. The molecule has 100 valence electrons. The van der Waals surface area contributed by atoms with E-state index in [0.29, 0.717) is 12.8 Å². The zero-order valence-electron chi connectivity index (χ0n) is 9.37. The monoisotopic (exact) mass is 285 g/mol. The summed E-state index contributed by atoms with van der Waals surface area (Å²) < 4.78 is 46.4. The Morgan fingerprint density at radius 1 is 1.35 bits per heavy atom. The highest BCUT2D eigenvalue weighted by Gasteiger charge is 2.33. The van der Waals surface area contributed by atoms with Crippen molar-refractivity contribution >= 4 is 25.8 Å². The van der Waals surface area contributed by atoms with Gasteiger partial charge in [0.1, 0.15) is 0 Å². The van der Waals surface area contributed by atoms with E-state index in [4.69, 9.17) is 5.11 Å². The van der Waals surface area contributed by atoms with E-state index in [2.05, 4.69) is 0 Å². The van der Waals surface area contributed by atoms with E-state index in [1.165, 1.54) is 0 Å². The summed E-state index contributed by atoms with van der Waals surface area (Å²) in [6, 6.07) is 0. The maximum atomic E-state index is 11.7. The number of rotatable bonds is 4. The average Bonchev–Trinajstić information content (AvgIpc) is 2.14. The highest BCUT2D eigenvalue weighted by Crippen LogP contribution is 2.20. The number of carbonyl (C=O) groups is 1. The second-order valence-electron chi connectivity index (χ2n) is 4.19. The van der Waals surface area contributed by atoms with Gasteiger partial charge in [-0.3, -0.25) is 4.79 Å². The second kappa shape index (κ2) is 4.91. The molecule has 0 aromatic rings. The van der Waals surface area contributed by atoms with Gasteiger partial charge in [-0.2, -0.15) is 0 Å². The van der Waals surface area contributed by atoms with Gasteiger partial charge in [0.05, 0.1) is 5.92 Å². The first-order valence-electron chi connectivity index (χ1n) is 5.00. The van der Waals surface area contributed by atoms with Gasteiger partial charge in [-0.05, 0) is 12.8 Å². The van der Waals surface area contributed by atoms with Crippen LogP contribution in [0.15, 0.2) is 0 Å². The van der Waals surface area contributed by atoms with Gasteiger partial charge in [0.25, 0.3) is 0 Å². The molecular weight excluding hydrogens is 270 g/mol. The van der Waals surface area contributed by atoms with Crippen LogP contribution < -0.4 is 0 Å². The fourth-order valence-electron chi connectivity index (χ4n) is 1.74. The first-order chi connectivity index (χ1) is 7.62. The molecule has 1 atom stereocenters. The smallest absolute Gasteiger partial charge is 0.307 e. The molecule has 0 aromatic heterocycles. The van der Waals surface area contributed by atoms with Gasteiger partial charge in [0.2, 0.25) is 10.0 Å². The lowest BCUT2D eigenvalue weighted by molar-refractivity contribution is -0.142. The van der Waals surface area contributed by atoms with Crippen molar-refractivity contribution in [2.45, 2.75) is 12.8 Å². The standard InChI is InChI=1S/C8H15NO6S2/c1-16(12,13)6-17(14,15)9-4-2-3-7(5-9)8(10)11/h7H,2-6H2,1H3,(H,10,11)/t7-/m1/s1. The molecule has 1 fully saturated rings. The van der Waals surface area contributed by atoms with E-state index < -0.39 is 36.8 Å². The van der Waals surface area contributed by atoms with Gasteiger partial charge in [-0.15, -0.1) is 0 Å². The van der Waals surface area contributed by atoms with Gasteiger partial charge in [0, 0.05) is 19.3 Å². The fourth-order valence-corrected chi connectivity index (χ4v) is 5.32. The number of carboxylic acids is 1. The Morgan fingerprint density at radius 2 is 1.94 bits per heavy atom. The lowest BCUT2D eigenvalue weighted by Gasteiger charge is -2.29. The molecule has 1 N–H and O–H groups in total. The number of aliphatic carboxylic acids is 1. The summed E-state index contributed by atoms with van der Waals surface area (Å²) in [6.07, 6.45) is 1.68. The van der Waals surface area contributed by atoms with Gasteiger partial charge >= 0.3 is 5.97 Å². The van der Waals surface area contributed by atoms with E-state index in [-0.39, 0.29) is 13.1 Å². The SMILES string of the molecule is CS(=O)(=O)CS(=O)(=O)N1CCC[C@@H](C(=O)O)C1. The molecule has 9 heteroatoms. The van der Waals surface area contributed by atoms with Gasteiger partial charge in [0.15, 0.2) is 14.9 Å². The largest absolute Gasteiger partial charge is 0.481 e. The predicted octanol–water partition coefficient (Wildman–Crippen LogP) is -0.885. The van der Waals surface area contributed by atoms with Crippen LogP contribution in [0.2, 0.25) is 0 Å². The minimum Gasteiger partial charge on any atom is -0.481 e. The van der Waals surface area contributed by atoms with Crippen LogP contribution in [0.3, 0.4) is 0 Å². The molecule has 0 amide bonds. The van der Waals surface area contributed by atoms with E-state index in [9.17, 15) is 21.6 Å². The van der Waals surface area contributed by atoms with E-state index in [1.807, 2.05) is 0 Å². The third kappa shape index (κ3) is 4.25. The Bertz CT molecular complexity index is 494. The Kier molecular flexibility index (Phi) is 4.15. The van der Waals surface area contributed by atoms with Crippen LogP contribution in [-0.4, -0.2) is 56.6 Å². The number of piperidine rings is 1. The normalized spacial score (nSPS) is 23.5. The first-order valence-corrected chi connectivity index (χ1v) is 8.67. The molecule has 0 unspecified atom stereocenters. The molecule has 0 aromatic carbocycles. The summed E-state index contributed by atoms with van der Waals surface area (Å²) in [5.41, 5.74) is 0. The molecule has 0 saturated carbocycles. The van der Waals surface area contributed by atoms with Crippen molar-refractivity contribution in [2.24, 2.45) is 5.92 Å². The molecular formula is C8H15NO6S2. The maximum absolute atomic E-state index is 11.7. The van der Waals surface area contributed by atoms with E-state index >= 15 is 0 Å². The summed E-state index contributed by atoms with van der Waals surface area (Å²) in [5, 5.41) is 7.85. The summed E-state index contributed by atoms with van der Waals surface area (Å²) in [4.78, 5) is 10.8. The summed E-state index contributed by atoms with van der Waals surface area (Å²) in [6.45, 7) is 0.0365. The highest BCUT2D eigenvalue weighted by atomic mass is 32.3. The highest BCUT2D eigenvalue weighted by molar-refractivity contribution is 8.06. The molecule has 1 saturated heterocycles. The second-order valence-corrected chi connectivity index (χ2v) is 8.67. The van der Waals surface area contributed by atoms with Crippen molar-refractivity contribution in [1.29, 1.82) is 0 Å². The van der Waals surface area contributed by atoms with Crippen molar-refractivity contribution in [2.75, 3.05) is 24.4 Å².